The van der Waals surface area contributed by atoms with Crippen LogP contribution in [0.15, 0.2) is 12.2 Å². The molecular weight excluding hydrogens is 175 g/mol. The summed E-state index contributed by atoms with van der Waals surface area (Å²) in [5.41, 5.74) is 0. The zero-order chi connectivity index (χ0) is 7.11. The highest BCUT2D eigenvalue weighted by Crippen LogP contribution is 2.02. The smallest absolute Gasteiger partial charge is 0.197 e. The van der Waals surface area contributed by atoms with E-state index in [4.69, 9.17) is 27.6 Å². The Morgan fingerprint density at radius 3 is 2.78 bits per heavy atom. The molecule has 4 heteroatoms. The van der Waals surface area contributed by atoms with Crippen LogP contribution >= 0.6 is 23.2 Å². The summed E-state index contributed by atoms with van der Waals surface area (Å²) in [5.74, 6) is 0. The zero-order valence-electron chi connectivity index (χ0n) is 5.31. The molecule has 0 unspecified atom stereocenters. The maximum Gasteiger partial charge on any atom is 0.197 e. The van der Waals surface area contributed by atoms with Crippen LogP contribution in [0.25, 0.3) is 0 Å². The van der Waals surface area contributed by atoms with Crippen molar-refractivity contribution in [2.45, 2.75) is 18.0 Å². The van der Waals surface area contributed by atoms with Crippen LogP contribution in [0.3, 0.4) is 0 Å². The number of halogens is 2. The highest BCUT2D eigenvalue weighted by molar-refractivity contribution is 6.45. The minimum Gasteiger partial charge on any atom is -0.397 e. The van der Waals surface area contributed by atoms with Gasteiger partial charge in [-0.05, 0) is 13.0 Å². The van der Waals surface area contributed by atoms with Gasteiger partial charge >= 0.3 is 0 Å². The third kappa shape index (κ3) is 8.50. The van der Waals surface area contributed by atoms with E-state index in [0.29, 0.717) is 0 Å². The Morgan fingerprint density at radius 2 is 2.33 bits per heavy atom. The first-order valence-electron chi connectivity index (χ1n) is 2.78. The Morgan fingerprint density at radius 1 is 1.67 bits per heavy atom. The monoisotopic (exact) mass is 184 g/mol. The Hall–Kier alpha value is 0.497. The van der Waals surface area contributed by atoms with Crippen molar-refractivity contribution in [1.82, 2.24) is 0 Å². The summed E-state index contributed by atoms with van der Waals surface area (Å²) in [6.07, 6.45) is 4.05. The van der Waals surface area contributed by atoms with Crippen LogP contribution in [-0.4, -0.2) is 14.8 Å². The molecule has 0 radical (unpaired) electrons. The topological polar surface area (TPSA) is 9.23 Å². The summed E-state index contributed by atoms with van der Waals surface area (Å²) in [6.45, 7) is 1.98. The van der Waals surface area contributed by atoms with Gasteiger partial charge < -0.3 is 4.43 Å². The summed E-state index contributed by atoms with van der Waals surface area (Å²) < 4.78 is 4.96. The number of rotatable bonds is 4. The van der Waals surface area contributed by atoms with Gasteiger partial charge in [-0.25, -0.2) is 0 Å². The van der Waals surface area contributed by atoms with Gasteiger partial charge in [-0.15, -0.1) is 0 Å². The molecule has 0 amide bonds. The first-order chi connectivity index (χ1) is 4.27. The van der Waals surface area contributed by atoms with Crippen LogP contribution in [0.1, 0.15) is 6.92 Å². The molecule has 0 aromatic heterocycles. The van der Waals surface area contributed by atoms with Crippen molar-refractivity contribution in [3.8, 4) is 0 Å². The van der Waals surface area contributed by atoms with Crippen LogP contribution in [-0.2, 0) is 4.43 Å². The molecule has 0 atom stereocenters. The van der Waals surface area contributed by atoms with Crippen molar-refractivity contribution in [3.63, 3.8) is 0 Å². The van der Waals surface area contributed by atoms with Crippen molar-refractivity contribution in [1.29, 1.82) is 0 Å². The van der Waals surface area contributed by atoms with E-state index in [2.05, 4.69) is 6.08 Å². The van der Waals surface area contributed by atoms with Gasteiger partial charge in [-0.1, -0.05) is 35.4 Å². The molecule has 0 rings (SSSR count). The van der Waals surface area contributed by atoms with E-state index in [1.807, 2.05) is 13.0 Å². The second kappa shape index (κ2) is 6.61. The molecule has 0 aliphatic carbocycles. The quantitative estimate of drug-likeness (QED) is 0.281. The lowest BCUT2D eigenvalue weighted by atomic mass is 10.6. The molecule has 0 saturated carbocycles. The molecule has 0 aliphatic rings. The average molecular weight is 185 g/mol. The van der Waals surface area contributed by atoms with E-state index < -0.39 is 14.8 Å². The third-order valence-corrected chi connectivity index (χ3v) is 2.58. The summed E-state index contributed by atoms with van der Waals surface area (Å²) in [4.78, 5) is 0. The fourth-order valence-electron chi connectivity index (χ4n) is 0.392. The van der Waals surface area contributed by atoms with Gasteiger partial charge in [0.1, 0.15) is 0 Å². The Labute approximate surface area is 67.9 Å². The Balaban J connectivity index is 2.91. The van der Waals surface area contributed by atoms with Gasteiger partial charge in [-0.3, -0.25) is 0 Å². The maximum atomic E-state index is 5.31. The van der Waals surface area contributed by atoms with Crippen LogP contribution < -0.4 is 0 Å². The maximum absolute atomic E-state index is 5.31. The van der Waals surface area contributed by atoms with Crippen molar-refractivity contribution in [3.05, 3.63) is 12.2 Å². The van der Waals surface area contributed by atoms with Crippen molar-refractivity contribution < 1.29 is 4.43 Å². The van der Waals surface area contributed by atoms with Gasteiger partial charge in [0.25, 0.3) is 0 Å². The molecule has 0 N–H and O–H groups in total. The number of hydrogen-bond donors (Lipinski definition) is 0. The highest BCUT2D eigenvalue weighted by Gasteiger charge is 1.94. The largest absolute Gasteiger partial charge is 0.397 e. The third-order valence-electron chi connectivity index (χ3n) is 0.764. The normalized spacial score (nSPS) is 12.9. The average Bonchev–Trinajstić information content (AvgIpc) is 1.80. The van der Waals surface area contributed by atoms with Gasteiger partial charge in [0.05, 0.1) is 0 Å². The first kappa shape index (κ1) is 9.50. The van der Waals surface area contributed by atoms with E-state index in [1.165, 1.54) is 0 Å². The van der Waals surface area contributed by atoms with Crippen molar-refractivity contribution >= 4 is 33.0 Å². The van der Waals surface area contributed by atoms with Crippen molar-refractivity contribution in [2.75, 3.05) is 0 Å². The molecule has 0 heterocycles. The fraction of sp³-hybridized carbons (Fsp3) is 0.600. The van der Waals surface area contributed by atoms with E-state index in [1.54, 1.807) is 0 Å². The molecule has 0 aromatic rings. The van der Waals surface area contributed by atoms with Crippen LogP contribution in [0, 0.1) is 0 Å². The Bertz CT molecular complexity index is 85.0. The summed E-state index contributed by atoms with van der Waals surface area (Å²) >= 11 is 10.6. The lowest BCUT2D eigenvalue weighted by molar-refractivity contribution is 0.377. The molecule has 1 nitrogen and oxygen atoms in total. The minimum absolute atomic E-state index is 0.498. The van der Waals surface area contributed by atoms with Gasteiger partial charge in [0.2, 0.25) is 0 Å². The minimum atomic E-state index is -0.623. The van der Waals surface area contributed by atoms with Crippen LogP contribution in [0.4, 0.5) is 0 Å². The molecule has 0 aliphatic heterocycles. The highest BCUT2D eigenvalue weighted by atomic mass is 35.5. The molecule has 0 spiro atoms. The molecule has 0 bridgehead atoms. The van der Waals surface area contributed by atoms with E-state index in [-0.39, 0.29) is 0 Å². The van der Waals surface area contributed by atoms with Crippen molar-refractivity contribution in [2.24, 2.45) is 0 Å². The van der Waals surface area contributed by atoms with Gasteiger partial charge in [0.15, 0.2) is 14.8 Å². The van der Waals surface area contributed by atoms with Crippen LogP contribution in [0.5, 0.6) is 0 Å². The molecule has 9 heavy (non-hydrogen) atoms. The summed E-state index contributed by atoms with van der Waals surface area (Å²) in [5, 5.41) is -0.623. The molecule has 0 fully saturated rings. The molecule has 0 aromatic carbocycles. The standard InChI is InChI=1S/C5H10Cl2OSi/c1-2-3-4-9-8-5(6)7/h2-3,5H,4,9H2,1H3. The fourth-order valence-corrected chi connectivity index (χ4v) is 1.71. The predicted molar refractivity (Wildman–Crippen MR) is 44.7 cm³/mol. The second-order valence-corrected chi connectivity index (χ2v) is 3.82. The lowest BCUT2D eigenvalue weighted by Gasteiger charge is -1.99. The number of alkyl halides is 2. The lowest BCUT2D eigenvalue weighted by Crippen LogP contribution is -2.00. The molecule has 54 valence electrons. The molecule has 0 saturated heterocycles. The van der Waals surface area contributed by atoms with Crippen LogP contribution in [0.2, 0.25) is 6.04 Å². The number of allylic oxidation sites excluding steroid dienone is 2. The second-order valence-electron chi connectivity index (χ2n) is 1.49. The van der Waals surface area contributed by atoms with E-state index in [9.17, 15) is 0 Å². The SMILES string of the molecule is CC=CC[SiH2]OC(Cl)Cl. The van der Waals surface area contributed by atoms with Gasteiger partial charge in [0, 0.05) is 0 Å². The first-order valence-corrected chi connectivity index (χ1v) is 5.23. The summed E-state index contributed by atoms with van der Waals surface area (Å²) in [6, 6.07) is 1.01. The summed E-state index contributed by atoms with van der Waals surface area (Å²) in [7, 11) is -0.498. The van der Waals surface area contributed by atoms with E-state index >= 15 is 0 Å². The van der Waals surface area contributed by atoms with Gasteiger partial charge in [-0.2, -0.15) is 0 Å². The zero-order valence-corrected chi connectivity index (χ0v) is 8.24. The Kier molecular flexibility index (Phi) is 6.98. The molecular formula is C5H10Cl2OSi. The van der Waals surface area contributed by atoms with E-state index in [0.717, 1.165) is 6.04 Å². The predicted octanol–water partition coefficient (Wildman–Crippen LogP) is 1.84. The number of hydrogen-bond acceptors (Lipinski definition) is 1.